The predicted molar refractivity (Wildman–Crippen MR) is 75.7 cm³/mol. The first-order valence-electron chi connectivity index (χ1n) is 6.69. The lowest BCUT2D eigenvalue weighted by Gasteiger charge is -2.19. The molecule has 0 aromatic carbocycles. The molecule has 1 aromatic rings. The summed E-state index contributed by atoms with van der Waals surface area (Å²) in [4.78, 5) is 0.328. The Morgan fingerprint density at radius 3 is 2.16 bits per heavy atom. The highest BCUT2D eigenvalue weighted by Crippen LogP contribution is 2.29. The second-order valence-electron chi connectivity index (χ2n) is 4.39. The molecule has 0 aliphatic rings. The Balaban J connectivity index is 3.32. The van der Waals surface area contributed by atoms with E-state index in [1.807, 2.05) is 20.8 Å². The molecule has 110 valence electrons. The van der Waals surface area contributed by atoms with Crippen LogP contribution in [-0.2, 0) is 16.6 Å². The summed E-state index contributed by atoms with van der Waals surface area (Å²) in [6.07, 6.45) is 0. The van der Waals surface area contributed by atoms with Crippen molar-refractivity contribution in [1.29, 1.82) is 0 Å². The fourth-order valence-corrected chi connectivity index (χ4v) is 4.06. The molecule has 0 spiro atoms. The van der Waals surface area contributed by atoms with Crippen LogP contribution in [0.2, 0.25) is 0 Å². The molecule has 0 saturated carbocycles. The van der Waals surface area contributed by atoms with Gasteiger partial charge in [-0.05, 0) is 20.4 Å². The molecule has 19 heavy (non-hydrogen) atoms. The third kappa shape index (κ3) is 3.19. The Hall–Kier alpha value is -0.850. The van der Waals surface area contributed by atoms with Gasteiger partial charge in [-0.15, -0.1) is 0 Å². The summed E-state index contributed by atoms with van der Waals surface area (Å²) in [6, 6.07) is 0. The maximum atomic E-state index is 12.7. The van der Waals surface area contributed by atoms with Gasteiger partial charge in [0.2, 0.25) is 10.0 Å². The lowest BCUT2D eigenvalue weighted by molar-refractivity contribution is 0.440. The van der Waals surface area contributed by atoms with Gasteiger partial charge in [-0.3, -0.25) is 0 Å². The number of rotatable bonds is 7. The van der Waals surface area contributed by atoms with Gasteiger partial charge >= 0.3 is 0 Å². The van der Waals surface area contributed by atoms with Crippen LogP contribution in [0.5, 0.6) is 0 Å². The first-order chi connectivity index (χ1) is 8.89. The Morgan fingerprint density at radius 2 is 1.68 bits per heavy atom. The summed E-state index contributed by atoms with van der Waals surface area (Å²) >= 11 is 0. The minimum atomic E-state index is -3.47. The van der Waals surface area contributed by atoms with Crippen LogP contribution in [0.15, 0.2) is 9.31 Å². The molecule has 0 radical (unpaired) electrons. The molecule has 1 rings (SSSR count). The highest BCUT2D eigenvalue weighted by molar-refractivity contribution is 7.89. The van der Waals surface area contributed by atoms with Gasteiger partial charge in [0.05, 0.1) is 0 Å². The van der Waals surface area contributed by atoms with Gasteiger partial charge in [-0.1, -0.05) is 20.8 Å². The number of nitrogens with one attached hydrogen (secondary N) is 1. The predicted octanol–water partition coefficient (Wildman–Crippen LogP) is 2.04. The highest BCUT2D eigenvalue weighted by atomic mass is 32.2. The number of hydrogen-bond donors (Lipinski definition) is 1. The zero-order valence-corrected chi connectivity index (χ0v) is 13.2. The minimum Gasteiger partial charge on any atom is -0.465 e. The molecule has 1 aromatic heterocycles. The second kappa shape index (κ2) is 6.54. The van der Waals surface area contributed by atoms with Crippen molar-refractivity contribution in [2.24, 2.45) is 0 Å². The number of sulfonamides is 1. The molecule has 0 aliphatic carbocycles. The minimum absolute atomic E-state index is 0.328. The average molecular weight is 288 g/mol. The standard InChI is InChI=1S/C13H24N2O3S/c1-6-14-9-12-10(4)18-11(5)13(12)19(16,17)15(7-2)8-3/h14H,6-9H2,1-5H3. The van der Waals surface area contributed by atoms with Crippen molar-refractivity contribution in [2.75, 3.05) is 19.6 Å². The van der Waals surface area contributed by atoms with E-state index in [4.69, 9.17) is 4.42 Å². The molecule has 1 N–H and O–H groups in total. The van der Waals surface area contributed by atoms with Crippen molar-refractivity contribution < 1.29 is 12.8 Å². The third-order valence-electron chi connectivity index (χ3n) is 3.18. The molecule has 0 fully saturated rings. The highest BCUT2D eigenvalue weighted by Gasteiger charge is 2.30. The molecule has 0 bridgehead atoms. The van der Waals surface area contributed by atoms with Crippen molar-refractivity contribution in [1.82, 2.24) is 9.62 Å². The van der Waals surface area contributed by atoms with E-state index in [-0.39, 0.29) is 0 Å². The summed E-state index contributed by atoms with van der Waals surface area (Å²) in [6.45, 7) is 11.4. The van der Waals surface area contributed by atoms with Gasteiger partial charge in [0, 0.05) is 25.2 Å². The second-order valence-corrected chi connectivity index (χ2v) is 6.27. The normalized spacial score (nSPS) is 12.3. The van der Waals surface area contributed by atoms with Gasteiger partial charge in [0.15, 0.2) is 0 Å². The van der Waals surface area contributed by atoms with Gasteiger partial charge in [0.1, 0.15) is 16.4 Å². The lowest BCUT2D eigenvalue weighted by atomic mass is 10.2. The third-order valence-corrected chi connectivity index (χ3v) is 5.43. The van der Waals surface area contributed by atoms with E-state index in [1.54, 1.807) is 13.8 Å². The van der Waals surface area contributed by atoms with E-state index in [1.165, 1.54) is 4.31 Å². The Kier molecular flexibility index (Phi) is 5.58. The number of nitrogens with zero attached hydrogens (tertiary/aromatic N) is 1. The maximum absolute atomic E-state index is 12.7. The molecule has 6 heteroatoms. The van der Waals surface area contributed by atoms with Crippen LogP contribution in [0.4, 0.5) is 0 Å². The van der Waals surface area contributed by atoms with E-state index in [0.29, 0.717) is 36.1 Å². The molecule has 0 atom stereocenters. The zero-order chi connectivity index (χ0) is 14.6. The number of aryl methyl sites for hydroxylation is 2. The summed E-state index contributed by atoms with van der Waals surface area (Å²) in [7, 11) is -3.47. The maximum Gasteiger partial charge on any atom is 0.246 e. The van der Waals surface area contributed by atoms with Crippen LogP contribution in [0.3, 0.4) is 0 Å². The Bertz CT molecular complexity index is 516. The van der Waals surface area contributed by atoms with E-state index in [9.17, 15) is 8.42 Å². The Morgan fingerprint density at radius 1 is 1.11 bits per heavy atom. The van der Waals surface area contributed by atoms with E-state index in [0.717, 1.165) is 12.1 Å². The summed E-state index contributed by atoms with van der Waals surface area (Å²) in [5, 5.41) is 3.16. The van der Waals surface area contributed by atoms with Crippen LogP contribution in [0.1, 0.15) is 37.9 Å². The molecular formula is C13H24N2O3S. The number of furan rings is 1. The smallest absolute Gasteiger partial charge is 0.246 e. The first-order valence-corrected chi connectivity index (χ1v) is 8.13. The SMILES string of the molecule is CCNCc1c(C)oc(C)c1S(=O)(=O)N(CC)CC. The van der Waals surface area contributed by atoms with E-state index >= 15 is 0 Å². The van der Waals surface area contributed by atoms with Crippen molar-refractivity contribution in [3.05, 3.63) is 17.1 Å². The van der Waals surface area contributed by atoms with Crippen molar-refractivity contribution in [3.63, 3.8) is 0 Å². The van der Waals surface area contributed by atoms with Crippen molar-refractivity contribution in [2.45, 2.75) is 46.1 Å². The molecule has 1 heterocycles. The molecule has 0 amide bonds. The van der Waals surface area contributed by atoms with E-state index in [2.05, 4.69) is 5.32 Å². The van der Waals surface area contributed by atoms with Gasteiger partial charge in [-0.25, -0.2) is 8.42 Å². The zero-order valence-electron chi connectivity index (χ0n) is 12.4. The quantitative estimate of drug-likeness (QED) is 0.834. The first kappa shape index (κ1) is 16.2. The van der Waals surface area contributed by atoms with Crippen molar-refractivity contribution >= 4 is 10.0 Å². The fraction of sp³-hybridized carbons (Fsp3) is 0.692. The number of hydrogen-bond acceptors (Lipinski definition) is 4. The monoisotopic (exact) mass is 288 g/mol. The molecule has 5 nitrogen and oxygen atoms in total. The topological polar surface area (TPSA) is 62.6 Å². The Labute approximate surface area is 116 Å². The van der Waals surface area contributed by atoms with Crippen LogP contribution in [0.25, 0.3) is 0 Å². The summed E-state index contributed by atoms with van der Waals surface area (Å²) < 4.78 is 32.3. The van der Waals surface area contributed by atoms with Gasteiger partial charge in [-0.2, -0.15) is 4.31 Å². The summed E-state index contributed by atoms with van der Waals surface area (Å²) in [5.41, 5.74) is 0.742. The molecular weight excluding hydrogens is 264 g/mol. The molecule has 0 saturated heterocycles. The molecule has 0 aliphatic heterocycles. The van der Waals surface area contributed by atoms with Crippen LogP contribution in [0, 0.1) is 13.8 Å². The van der Waals surface area contributed by atoms with Crippen LogP contribution < -0.4 is 5.32 Å². The summed E-state index contributed by atoms with van der Waals surface area (Å²) in [5.74, 6) is 1.14. The van der Waals surface area contributed by atoms with Crippen LogP contribution in [-0.4, -0.2) is 32.4 Å². The largest absolute Gasteiger partial charge is 0.465 e. The van der Waals surface area contributed by atoms with E-state index < -0.39 is 10.0 Å². The lowest BCUT2D eigenvalue weighted by Crippen LogP contribution is -2.31. The molecule has 0 unspecified atom stereocenters. The van der Waals surface area contributed by atoms with Gasteiger partial charge < -0.3 is 9.73 Å². The average Bonchev–Trinajstić information content (AvgIpc) is 2.62. The van der Waals surface area contributed by atoms with Crippen molar-refractivity contribution in [3.8, 4) is 0 Å². The van der Waals surface area contributed by atoms with Crippen LogP contribution >= 0.6 is 0 Å². The fourth-order valence-electron chi connectivity index (χ4n) is 2.19. The van der Waals surface area contributed by atoms with Gasteiger partial charge in [0.25, 0.3) is 0 Å².